The Morgan fingerprint density at radius 1 is 1.30 bits per heavy atom. The summed E-state index contributed by atoms with van der Waals surface area (Å²) in [5.41, 5.74) is 0.617. The Morgan fingerprint density at radius 3 is 2.52 bits per heavy atom. The number of hydrogen-bond donors (Lipinski definition) is 2. The Balaban J connectivity index is 1.80. The maximum Gasteiger partial charge on any atom is 0.326 e. The highest BCUT2D eigenvalue weighted by molar-refractivity contribution is 6.01. The third-order valence-electron chi connectivity index (χ3n) is 5.17. The second-order valence-corrected chi connectivity index (χ2v) is 7.56. The van der Waals surface area contributed by atoms with Gasteiger partial charge in [-0.1, -0.05) is 37.3 Å². The van der Waals surface area contributed by atoms with Gasteiger partial charge in [-0.2, -0.15) is 0 Å². The molecule has 7 heteroatoms. The van der Waals surface area contributed by atoms with Crippen molar-refractivity contribution in [3.8, 4) is 0 Å². The van der Waals surface area contributed by atoms with Crippen molar-refractivity contribution in [1.82, 2.24) is 15.1 Å². The lowest BCUT2D eigenvalue weighted by molar-refractivity contribution is -0.126. The van der Waals surface area contributed by atoms with E-state index in [9.17, 15) is 19.5 Å². The Morgan fingerprint density at radius 2 is 1.96 bits per heavy atom. The van der Waals surface area contributed by atoms with Crippen LogP contribution in [0.2, 0.25) is 0 Å². The Labute approximate surface area is 160 Å². The summed E-state index contributed by atoms with van der Waals surface area (Å²) in [5.74, 6) is -0.380. The van der Waals surface area contributed by atoms with Gasteiger partial charge in [-0.05, 0) is 25.3 Å². The molecule has 1 fully saturated rings. The van der Waals surface area contributed by atoms with Gasteiger partial charge in [-0.15, -0.1) is 0 Å². The third-order valence-corrected chi connectivity index (χ3v) is 5.17. The van der Waals surface area contributed by atoms with E-state index in [1.807, 2.05) is 37.3 Å². The number of likely N-dealkylation sites (N-methyl/N-ethyl adjacent to an activating group) is 1. The molecule has 0 saturated carbocycles. The van der Waals surface area contributed by atoms with Crippen LogP contribution in [0.4, 0.5) is 4.79 Å². The molecule has 7 nitrogen and oxygen atoms in total. The second-order valence-electron chi connectivity index (χ2n) is 7.56. The lowest BCUT2D eigenvalue weighted by atomic mass is 9.79. The molecular formula is C20H29N3O4. The van der Waals surface area contributed by atoms with Gasteiger partial charge in [-0.3, -0.25) is 14.5 Å². The van der Waals surface area contributed by atoms with Gasteiger partial charge < -0.3 is 15.3 Å². The van der Waals surface area contributed by atoms with Crippen molar-refractivity contribution in [2.24, 2.45) is 5.41 Å². The normalized spacial score (nSPS) is 17.8. The van der Waals surface area contributed by atoms with E-state index in [-0.39, 0.29) is 37.4 Å². The third kappa shape index (κ3) is 5.53. The van der Waals surface area contributed by atoms with Crippen LogP contribution in [0.5, 0.6) is 0 Å². The Bertz CT molecular complexity index is 677. The molecule has 4 amide bonds. The number of nitrogens with one attached hydrogen (secondary N) is 1. The predicted octanol–water partition coefficient (Wildman–Crippen LogP) is 1.41. The highest BCUT2D eigenvalue weighted by Crippen LogP contribution is 2.26. The Kier molecular flexibility index (Phi) is 6.96. The van der Waals surface area contributed by atoms with Crippen LogP contribution in [-0.4, -0.2) is 65.5 Å². The van der Waals surface area contributed by atoms with E-state index >= 15 is 0 Å². The summed E-state index contributed by atoms with van der Waals surface area (Å²) in [7, 11) is 1.58. The van der Waals surface area contributed by atoms with Gasteiger partial charge in [0.15, 0.2) is 0 Å². The maximum atomic E-state index is 12.2. The lowest BCUT2D eigenvalue weighted by Crippen LogP contribution is -2.44. The zero-order chi connectivity index (χ0) is 20.0. The molecule has 0 aromatic heterocycles. The van der Waals surface area contributed by atoms with Crippen LogP contribution in [0.25, 0.3) is 0 Å². The topological polar surface area (TPSA) is 89.9 Å². The molecule has 2 N–H and O–H groups in total. The van der Waals surface area contributed by atoms with Crippen molar-refractivity contribution in [1.29, 1.82) is 0 Å². The molecule has 0 spiro atoms. The molecule has 1 aromatic carbocycles. The van der Waals surface area contributed by atoms with Crippen LogP contribution in [0.15, 0.2) is 30.3 Å². The van der Waals surface area contributed by atoms with Crippen LogP contribution in [0.1, 0.15) is 32.3 Å². The average Bonchev–Trinajstić information content (AvgIpc) is 2.87. The number of benzene rings is 1. The summed E-state index contributed by atoms with van der Waals surface area (Å²) in [5, 5.41) is 13.1. The molecule has 148 valence electrons. The standard InChI is InChI=1S/C20H29N3O4/c1-15(24)20(2,12-16-8-5-4-6-9-16)14-21-17(25)10-7-11-23-18(26)13-22(3)19(23)27/h4-6,8-9,15,24H,7,10-14H2,1-3H3,(H,21,25)/t15-,20+/m0/s1. The fraction of sp³-hybridized carbons (Fsp3) is 0.550. The van der Waals surface area contributed by atoms with Crippen LogP contribution in [-0.2, 0) is 16.0 Å². The number of aliphatic hydroxyl groups is 1. The molecular weight excluding hydrogens is 346 g/mol. The fourth-order valence-electron chi connectivity index (χ4n) is 3.10. The van der Waals surface area contributed by atoms with Gasteiger partial charge in [0.2, 0.25) is 11.8 Å². The van der Waals surface area contributed by atoms with Crippen molar-refractivity contribution in [3.05, 3.63) is 35.9 Å². The summed E-state index contributed by atoms with van der Waals surface area (Å²) in [6.45, 7) is 4.37. The number of hydrogen-bond acceptors (Lipinski definition) is 4. The molecule has 1 saturated heterocycles. The first-order chi connectivity index (χ1) is 12.7. The number of nitrogens with zero attached hydrogens (tertiary/aromatic N) is 2. The van der Waals surface area contributed by atoms with Gasteiger partial charge in [0.25, 0.3) is 0 Å². The van der Waals surface area contributed by atoms with Crippen molar-refractivity contribution >= 4 is 17.8 Å². The number of imide groups is 1. The van der Waals surface area contributed by atoms with Crippen molar-refractivity contribution in [2.45, 2.75) is 39.2 Å². The smallest absolute Gasteiger partial charge is 0.326 e. The molecule has 1 aromatic rings. The number of carbonyl (C=O) groups excluding carboxylic acids is 3. The minimum absolute atomic E-state index is 0.0945. The minimum atomic E-state index is -0.589. The highest BCUT2D eigenvalue weighted by atomic mass is 16.3. The van der Waals surface area contributed by atoms with E-state index in [4.69, 9.17) is 0 Å². The summed E-state index contributed by atoms with van der Waals surface area (Å²) in [4.78, 5) is 38.2. The predicted molar refractivity (Wildman–Crippen MR) is 102 cm³/mol. The second kappa shape index (κ2) is 8.99. The number of urea groups is 1. The zero-order valence-corrected chi connectivity index (χ0v) is 16.3. The largest absolute Gasteiger partial charge is 0.393 e. The lowest BCUT2D eigenvalue weighted by Gasteiger charge is -2.33. The summed E-state index contributed by atoms with van der Waals surface area (Å²) in [6.07, 6.45) is 0.700. The monoisotopic (exact) mass is 375 g/mol. The van der Waals surface area contributed by atoms with Crippen LogP contribution < -0.4 is 5.32 Å². The van der Waals surface area contributed by atoms with Gasteiger partial charge in [0, 0.05) is 32.0 Å². The van der Waals surface area contributed by atoms with E-state index < -0.39 is 11.5 Å². The molecule has 27 heavy (non-hydrogen) atoms. The fourth-order valence-corrected chi connectivity index (χ4v) is 3.10. The van der Waals surface area contributed by atoms with Crippen LogP contribution in [0.3, 0.4) is 0 Å². The molecule has 0 aliphatic carbocycles. The highest BCUT2D eigenvalue weighted by Gasteiger charge is 2.33. The van der Waals surface area contributed by atoms with E-state index in [0.29, 0.717) is 19.4 Å². The SMILES string of the molecule is C[C@H](O)[C@@](C)(CNC(=O)CCCN1C(=O)CN(C)C1=O)Cc1ccccc1. The number of carbonyl (C=O) groups is 3. The molecule has 1 aliphatic heterocycles. The van der Waals surface area contributed by atoms with E-state index in [1.165, 1.54) is 9.80 Å². The molecule has 0 bridgehead atoms. The molecule has 1 aliphatic rings. The molecule has 1 heterocycles. The van der Waals surface area contributed by atoms with Gasteiger partial charge >= 0.3 is 6.03 Å². The van der Waals surface area contributed by atoms with Crippen molar-refractivity contribution in [3.63, 3.8) is 0 Å². The zero-order valence-electron chi connectivity index (χ0n) is 16.3. The molecule has 2 rings (SSSR count). The van der Waals surface area contributed by atoms with Gasteiger partial charge in [-0.25, -0.2) is 4.79 Å². The van der Waals surface area contributed by atoms with E-state index in [1.54, 1.807) is 14.0 Å². The summed E-state index contributed by atoms with van der Waals surface area (Å²) >= 11 is 0. The Hall–Kier alpha value is -2.41. The average molecular weight is 375 g/mol. The van der Waals surface area contributed by atoms with Gasteiger partial charge in [0.05, 0.1) is 6.10 Å². The number of amides is 4. The van der Waals surface area contributed by atoms with Crippen molar-refractivity contribution in [2.75, 3.05) is 26.7 Å². The molecule has 0 radical (unpaired) electrons. The first-order valence-corrected chi connectivity index (χ1v) is 9.27. The van der Waals surface area contributed by atoms with Gasteiger partial charge in [0.1, 0.15) is 6.54 Å². The van der Waals surface area contributed by atoms with Crippen LogP contribution >= 0.6 is 0 Å². The van der Waals surface area contributed by atoms with Crippen LogP contribution in [0, 0.1) is 5.41 Å². The summed E-state index contributed by atoms with van der Waals surface area (Å²) in [6, 6.07) is 9.54. The number of rotatable bonds is 9. The van der Waals surface area contributed by atoms with E-state index in [2.05, 4.69) is 5.32 Å². The number of aliphatic hydroxyl groups excluding tert-OH is 1. The molecule has 0 unspecified atom stereocenters. The first kappa shape index (κ1) is 20.9. The minimum Gasteiger partial charge on any atom is -0.393 e. The molecule has 2 atom stereocenters. The van der Waals surface area contributed by atoms with E-state index in [0.717, 1.165) is 5.56 Å². The first-order valence-electron chi connectivity index (χ1n) is 9.27. The summed E-state index contributed by atoms with van der Waals surface area (Å²) < 4.78 is 0. The van der Waals surface area contributed by atoms with Crippen molar-refractivity contribution < 1.29 is 19.5 Å². The maximum absolute atomic E-state index is 12.2. The quantitative estimate of drug-likeness (QED) is 0.639.